The minimum Gasteiger partial charge on any atom is -0.398 e. The summed E-state index contributed by atoms with van der Waals surface area (Å²) in [5.41, 5.74) is 10.1. The minimum atomic E-state index is 0.782. The highest BCUT2D eigenvalue weighted by atomic mass is 32.1. The van der Waals surface area contributed by atoms with Crippen molar-refractivity contribution < 1.29 is 0 Å². The molecule has 3 rings (SSSR count). The molecule has 0 aliphatic heterocycles. The maximum Gasteiger partial charge on any atom is 0.126 e. The highest BCUT2D eigenvalue weighted by Gasteiger charge is 2.09. The molecule has 0 unspecified atom stereocenters. The average Bonchev–Trinajstić information content (AvgIpc) is 2.75. The first-order chi connectivity index (χ1) is 8.25. The van der Waals surface area contributed by atoms with Crippen LogP contribution < -0.4 is 5.73 Å². The van der Waals surface area contributed by atoms with Crippen molar-refractivity contribution in [1.29, 1.82) is 0 Å². The van der Waals surface area contributed by atoms with Gasteiger partial charge in [0.15, 0.2) is 0 Å². The maximum absolute atomic E-state index is 5.98. The van der Waals surface area contributed by atoms with Crippen LogP contribution in [0.4, 0.5) is 5.69 Å². The molecule has 2 aromatic carbocycles. The summed E-state index contributed by atoms with van der Waals surface area (Å²) in [6.45, 7) is 2.08. The molecule has 3 heteroatoms. The first kappa shape index (κ1) is 10.3. The van der Waals surface area contributed by atoms with E-state index in [4.69, 9.17) is 5.73 Å². The highest BCUT2D eigenvalue weighted by Crippen LogP contribution is 2.34. The van der Waals surface area contributed by atoms with Gasteiger partial charge in [0, 0.05) is 11.3 Å². The molecular weight excluding hydrogens is 228 g/mol. The molecule has 84 valence electrons. The molecule has 0 amide bonds. The number of aryl methyl sites for hydroxylation is 1. The number of rotatable bonds is 1. The minimum absolute atomic E-state index is 0.782. The van der Waals surface area contributed by atoms with E-state index in [0.29, 0.717) is 0 Å². The number of benzene rings is 2. The van der Waals surface area contributed by atoms with Gasteiger partial charge in [-0.25, -0.2) is 4.98 Å². The number of hydrogen-bond acceptors (Lipinski definition) is 3. The van der Waals surface area contributed by atoms with Gasteiger partial charge in [-0.1, -0.05) is 24.3 Å². The summed E-state index contributed by atoms with van der Waals surface area (Å²) < 4.78 is 1.21. The van der Waals surface area contributed by atoms with Gasteiger partial charge >= 0.3 is 0 Å². The van der Waals surface area contributed by atoms with E-state index in [1.807, 2.05) is 24.3 Å². The molecule has 0 saturated heterocycles. The van der Waals surface area contributed by atoms with Crippen molar-refractivity contribution in [3.8, 4) is 10.6 Å². The van der Waals surface area contributed by atoms with Gasteiger partial charge in [-0.15, -0.1) is 11.3 Å². The molecule has 2 nitrogen and oxygen atoms in total. The number of fused-ring (bicyclic) bond motifs is 1. The van der Waals surface area contributed by atoms with Crippen LogP contribution in [0.1, 0.15) is 5.56 Å². The number of nitrogens with two attached hydrogens (primary N) is 1. The predicted molar refractivity (Wildman–Crippen MR) is 74.2 cm³/mol. The molecule has 1 aromatic heterocycles. The zero-order chi connectivity index (χ0) is 11.8. The van der Waals surface area contributed by atoms with Gasteiger partial charge in [-0.2, -0.15) is 0 Å². The summed E-state index contributed by atoms with van der Waals surface area (Å²) in [6, 6.07) is 14.1. The molecule has 0 spiro atoms. The first-order valence-corrected chi connectivity index (χ1v) is 6.28. The second-order valence-electron chi connectivity index (χ2n) is 4.03. The van der Waals surface area contributed by atoms with Crippen molar-refractivity contribution in [3.63, 3.8) is 0 Å². The van der Waals surface area contributed by atoms with Gasteiger partial charge in [0.05, 0.1) is 10.2 Å². The third kappa shape index (κ3) is 1.68. The Morgan fingerprint density at radius 3 is 2.65 bits per heavy atom. The van der Waals surface area contributed by atoms with Gasteiger partial charge < -0.3 is 5.73 Å². The summed E-state index contributed by atoms with van der Waals surface area (Å²) in [5.74, 6) is 0. The summed E-state index contributed by atoms with van der Waals surface area (Å²) >= 11 is 1.69. The summed E-state index contributed by atoms with van der Waals surface area (Å²) in [7, 11) is 0. The van der Waals surface area contributed by atoms with Crippen LogP contribution in [-0.4, -0.2) is 4.98 Å². The van der Waals surface area contributed by atoms with Crippen molar-refractivity contribution in [2.45, 2.75) is 6.92 Å². The van der Waals surface area contributed by atoms with Crippen LogP contribution in [-0.2, 0) is 0 Å². The van der Waals surface area contributed by atoms with E-state index in [0.717, 1.165) is 21.8 Å². The predicted octanol–water partition coefficient (Wildman–Crippen LogP) is 3.85. The van der Waals surface area contributed by atoms with E-state index >= 15 is 0 Å². The van der Waals surface area contributed by atoms with E-state index in [1.54, 1.807) is 11.3 Å². The van der Waals surface area contributed by atoms with E-state index in [9.17, 15) is 0 Å². The molecule has 0 bridgehead atoms. The lowest BCUT2D eigenvalue weighted by Crippen LogP contribution is -1.88. The smallest absolute Gasteiger partial charge is 0.126 e. The van der Waals surface area contributed by atoms with Crippen LogP contribution in [0.5, 0.6) is 0 Å². The molecule has 0 aliphatic carbocycles. The Morgan fingerprint density at radius 1 is 1.06 bits per heavy atom. The van der Waals surface area contributed by atoms with Crippen molar-refractivity contribution in [3.05, 3.63) is 48.0 Å². The number of anilines is 1. The molecule has 17 heavy (non-hydrogen) atoms. The number of thiazole rings is 1. The second-order valence-corrected chi connectivity index (χ2v) is 5.06. The molecule has 1 heterocycles. The van der Waals surface area contributed by atoms with Gasteiger partial charge in [-0.3, -0.25) is 0 Å². The molecule has 3 aromatic rings. The van der Waals surface area contributed by atoms with Crippen molar-refractivity contribution in [1.82, 2.24) is 4.98 Å². The molecule has 0 atom stereocenters. The molecule has 0 aliphatic rings. The summed E-state index contributed by atoms with van der Waals surface area (Å²) in [5, 5.41) is 0.993. The molecule has 0 saturated carbocycles. The fraction of sp³-hybridized carbons (Fsp3) is 0.0714. The lowest BCUT2D eigenvalue weighted by atomic mass is 10.2. The third-order valence-corrected chi connectivity index (χ3v) is 3.87. The topological polar surface area (TPSA) is 38.9 Å². The Kier molecular flexibility index (Phi) is 2.34. The Morgan fingerprint density at radius 2 is 1.88 bits per heavy atom. The number of para-hydroxylation sites is 2. The normalized spacial score (nSPS) is 10.9. The number of hydrogen-bond donors (Lipinski definition) is 1. The SMILES string of the molecule is Cc1cccc2sc(-c3ccccc3N)nc12. The Labute approximate surface area is 104 Å². The Bertz CT molecular complexity index is 686. The maximum atomic E-state index is 5.98. The lowest BCUT2D eigenvalue weighted by molar-refractivity contribution is 1.42. The number of aromatic nitrogens is 1. The van der Waals surface area contributed by atoms with E-state index in [2.05, 4.69) is 30.1 Å². The number of nitrogens with zero attached hydrogens (tertiary/aromatic N) is 1. The average molecular weight is 240 g/mol. The third-order valence-electron chi connectivity index (χ3n) is 2.81. The van der Waals surface area contributed by atoms with Crippen molar-refractivity contribution >= 4 is 27.2 Å². The standard InChI is InChI=1S/C14H12N2S/c1-9-5-4-8-12-13(9)16-14(17-12)10-6-2-3-7-11(10)15/h2-8H,15H2,1H3. The van der Waals surface area contributed by atoms with Gasteiger partial charge in [-0.05, 0) is 30.7 Å². The van der Waals surface area contributed by atoms with E-state index < -0.39 is 0 Å². The van der Waals surface area contributed by atoms with E-state index in [-0.39, 0.29) is 0 Å². The fourth-order valence-corrected chi connectivity index (χ4v) is 2.98. The van der Waals surface area contributed by atoms with Crippen LogP contribution in [0.3, 0.4) is 0 Å². The monoisotopic (exact) mass is 240 g/mol. The Balaban J connectivity index is 2.26. The second kappa shape index (κ2) is 3.86. The van der Waals surface area contributed by atoms with Crippen LogP contribution in [0.2, 0.25) is 0 Å². The van der Waals surface area contributed by atoms with E-state index in [1.165, 1.54) is 10.3 Å². The zero-order valence-corrected chi connectivity index (χ0v) is 10.3. The van der Waals surface area contributed by atoms with Crippen molar-refractivity contribution in [2.75, 3.05) is 5.73 Å². The highest BCUT2D eigenvalue weighted by molar-refractivity contribution is 7.21. The van der Waals surface area contributed by atoms with Gasteiger partial charge in [0.25, 0.3) is 0 Å². The van der Waals surface area contributed by atoms with Gasteiger partial charge in [0.2, 0.25) is 0 Å². The largest absolute Gasteiger partial charge is 0.398 e. The summed E-state index contributed by atoms with van der Waals surface area (Å²) in [4.78, 5) is 4.68. The van der Waals surface area contributed by atoms with Crippen LogP contribution in [0.15, 0.2) is 42.5 Å². The van der Waals surface area contributed by atoms with Crippen LogP contribution in [0.25, 0.3) is 20.8 Å². The van der Waals surface area contributed by atoms with Crippen LogP contribution in [0, 0.1) is 6.92 Å². The van der Waals surface area contributed by atoms with Crippen molar-refractivity contribution in [2.24, 2.45) is 0 Å². The fourth-order valence-electron chi connectivity index (χ4n) is 1.89. The lowest BCUT2D eigenvalue weighted by Gasteiger charge is -1.99. The Hall–Kier alpha value is -1.87. The van der Waals surface area contributed by atoms with Gasteiger partial charge in [0.1, 0.15) is 5.01 Å². The molecule has 0 fully saturated rings. The molecule has 0 radical (unpaired) electrons. The van der Waals surface area contributed by atoms with Crippen LogP contribution >= 0.6 is 11.3 Å². The summed E-state index contributed by atoms with van der Waals surface area (Å²) in [6.07, 6.45) is 0. The molecule has 2 N–H and O–H groups in total. The first-order valence-electron chi connectivity index (χ1n) is 5.47. The quantitative estimate of drug-likeness (QED) is 0.656. The number of nitrogen functional groups attached to an aromatic ring is 1. The molecular formula is C14H12N2S. The zero-order valence-electron chi connectivity index (χ0n) is 9.47.